The van der Waals surface area contributed by atoms with Gasteiger partial charge < -0.3 is 15.2 Å². The molecule has 112 valence electrons. The Kier molecular flexibility index (Phi) is 5.11. The quantitative estimate of drug-likeness (QED) is 0.890. The van der Waals surface area contributed by atoms with Crippen LogP contribution in [0, 0.1) is 11.6 Å². The second-order valence-electron chi connectivity index (χ2n) is 4.55. The van der Waals surface area contributed by atoms with Crippen LogP contribution in [0.3, 0.4) is 0 Å². The van der Waals surface area contributed by atoms with Crippen molar-refractivity contribution >= 4 is 0 Å². The molecule has 2 aromatic rings. The largest absolute Gasteiger partial charge is 0.497 e. The van der Waals surface area contributed by atoms with Gasteiger partial charge in [0.05, 0.1) is 7.11 Å². The second-order valence-corrected chi connectivity index (χ2v) is 4.55. The lowest BCUT2D eigenvalue weighted by molar-refractivity contribution is 0.284. The second kappa shape index (κ2) is 7.04. The Labute approximate surface area is 122 Å². The fourth-order valence-electron chi connectivity index (χ4n) is 1.91. The summed E-state index contributed by atoms with van der Waals surface area (Å²) < 4.78 is 37.8. The molecule has 0 amide bonds. The highest BCUT2D eigenvalue weighted by Crippen LogP contribution is 2.22. The molecule has 0 unspecified atom stereocenters. The van der Waals surface area contributed by atoms with Crippen LogP contribution in [-0.2, 0) is 13.0 Å². The SMILES string of the molecule is COc1ccc(COc2ccc(CCN)cc2F)c(F)c1. The van der Waals surface area contributed by atoms with Crippen molar-refractivity contribution in [3.05, 3.63) is 59.2 Å². The molecule has 0 saturated heterocycles. The summed E-state index contributed by atoms with van der Waals surface area (Å²) in [5.74, 6) is -0.413. The van der Waals surface area contributed by atoms with Crippen LogP contribution in [-0.4, -0.2) is 13.7 Å². The minimum atomic E-state index is -0.477. The summed E-state index contributed by atoms with van der Waals surface area (Å²) in [5, 5.41) is 0. The number of halogens is 2. The monoisotopic (exact) mass is 293 g/mol. The molecule has 0 bridgehead atoms. The zero-order valence-corrected chi connectivity index (χ0v) is 11.7. The van der Waals surface area contributed by atoms with Crippen molar-refractivity contribution in [1.29, 1.82) is 0 Å². The molecule has 3 nitrogen and oxygen atoms in total. The molecule has 0 atom stereocenters. The molecule has 0 radical (unpaired) electrons. The first-order valence-electron chi connectivity index (χ1n) is 6.57. The van der Waals surface area contributed by atoms with E-state index in [-0.39, 0.29) is 12.4 Å². The first kappa shape index (κ1) is 15.3. The van der Waals surface area contributed by atoms with E-state index in [1.54, 1.807) is 18.2 Å². The summed E-state index contributed by atoms with van der Waals surface area (Å²) >= 11 is 0. The van der Waals surface area contributed by atoms with Gasteiger partial charge in [-0.3, -0.25) is 0 Å². The lowest BCUT2D eigenvalue weighted by atomic mass is 10.1. The van der Waals surface area contributed by atoms with Crippen molar-refractivity contribution in [2.24, 2.45) is 5.73 Å². The summed E-state index contributed by atoms with van der Waals surface area (Å²) in [6, 6.07) is 9.10. The Morgan fingerprint density at radius 2 is 1.86 bits per heavy atom. The topological polar surface area (TPSA) is 44.5 Å². The van der Waals surface area contributed by atoms with E-state index in [2.05, 4.69) is 0 Å². The van der Waals surface area contributed by atoms with Crippen LogP contribution in [0.25, 0.3) is 0 Å². The van der Waals surface area contributed by atoms with Gasteiger partial charge in [-0.1, -0.05) is 6.07 Å². The van der Waals surface area contributed by atoms with Gasteiger partial charge in [-0.2, -0.15) is 0 Å². The van der Waals surface area contributed by atoms with Crippen LogP contribution in [0.15, 0.2) is 36.4 Å². The molecule has 21 heavy (non-hydrogen) atoms. The van der Waals surface area contributed by atoms with Crippen LogP contribution >= 0.6 is 0 Å². The van der Waals surface area contributed by atoms with Gasteiger partial charge in [-0.05, 0) is 42.8 Å². The van der Waals surface area contributed by atoms with Gasteiger partial charge in [-0.15, -0.1) is 0 Å². The number of rotatable bonds is 6. The standard InChI is InChI=1S/C16H17F2NO2/c1-20-13-4-3-12(14(17)9-13)10-21-16-5-2-11(6-7-19)8-15(16)18/h2-5,8-9H,6-7,10,19H2,1H3. The summed E-state index contributed by atoms with van der Waals surface area (Å²) in [7, 11) is 1.46. The van der Waals surface area contributed by atoms with Gasteiger partial charge in [0.15, 0.2) is 11.6 Å². The van der Waals surface area contributed by atoms with E-state index in [4.69, 9.17) is 15.2 Å². The molecule has 0 aromatic heterocycles. The molecule has 2 aromatic carbocycles. The molecule has 0 heterocycles. The smallest absolute Gasteiger partial charge is 0.165 e. The Bertz CT molecular complexity index is 617. The Balaban J connectivity index is 2.06. The lowest BCUT2D eigenvalue weighted by Gasteiger charge is -2.10. The number of benzene rings is 2. The van der Waals surface area contributed by atoms with E-state index < -0.39 is 11.6 Å². The lowest BCUT2D eigenvalue weighted by Crippen LogP contribution is -2.04. The van der Waals surface area contributed by atoms with Crippen molar-refractivity contribution in [2.75, 3.05) is 13.7 Å². The summed E-state index contributed by atoms with van der Waals surface area (Å²) in [6.07, 6.45) is 0.601. The predicted molar refractivity (Wildman–Crippen MR) is 76.4 cm³/mol. The number of ether oxygens (including phenoxy) is 2. The van der Waals surface area contributed by atoms with Crippen LogP contribution in [0.5, 0.6) is 11.5 Å². The minimum absolute atomic E-state index is 0.0526. The van der Waals surface area contributed by atoms with E-state index in [1.807, 2.05) is 0 Å². The summed E-state index contributed by atoms with van der Waals surface area (Å²) in [6.45, 7) is 0.402. The van der Waals surface area contributed by atoms with E-state index in [0.717, 1.165) is 5.56 Å². The van der Waals surface area contributed by atoms with Crippen molar-refractivity contribution in [2.45, 2.75) is 13.0 Å². The van der Waals surface area contributed by atoms with Gasteiger partial charge in [0, 0.05) is 11.6 Å². The van der Waals surface area contributed by atoms with E-state index >= 15 is 0 Å². The normalized spacial score (nSPS) is 10.5. The molecular formula is C16H17F2NO2. The van der Waals surface area contributed by atoms with Crippen molar-refractivity contribution < 1.29 is 18.3 Å². The molecule has 0 aliphatic heterocycles. The molecule has 0 aliphatic rings. The maximum Gasteiger partial charge on any atom is 0.165 e. The third-order valence-corrected chi connectivity index (χ3v) is 3.07. The van der Waals surface area contributed by atoms with Gasteiger partial charge >= 0.3 is 0 Å². The molecule has 2 rings (SSSR count). The molecule has 0 aliphatic carbocycles. The molecule has 0 fully saturated rings. The third kappa shape index (κ3) is 3.92. The molecule has 0 saturated carbocycles. The highest BCUT2D eigenvalue weighted by atomic mass is 19.1. The Morgan fingerprint density at radius 1 is 1.05 bits per heavy atom. The minimum Gasteiger partial charge on any atom is -0.497 e. The van der Waals surface area contributed by atoms with E-state index in [1.165, 1.54) is 25.3 Å². The third-order valence-electron chi connectivity index (χ3n) is 3.07. The van der Waals surface area contributed by atoms with Crippen LogP contribution in [0.1, 0.15) is 11.1 Å². The van der Waals surface area contributed by atoms with Gasteiger partial charge in [-0.25, -0.2) is 8.78 Å². The Hall–Kier alpha value is -2.14. The van der Waals surface area contributed by atoms with E-state index in [9.17, 15) is 8.78 Å². The zero-order valence-electron chi connectivity index (χ0n) is 11.7. The fourth-order valence-corrected chi connectivity index (χ4v) is 1.91. The van der Waals surface area contributed by atoms with Crippen molar-refractivity contribution in [3.8, 4) is 11.5 Å². The maximum atomic E-state index is 13.8. The number of hydrogen-bond donors (Lipinski definition) is 1. The average Bonchev–Trinajstić information content (AvgIpc) is 2.48. The summed E-state index contributed by atoms with van der Waals surface area (Å²) in [4.78, 5) is 0. The number of nitrogens with two attached hydrogens (primary N) is 1. The first-order valence-corrected chi connectivity index (χ1v) is 6.57. The molecule has 2 N–H and O–H groups in total. The average molecular weight is 293 g/mol. The predicted octanol–water partition coefficient (Wildman–Crippen LogP) is 3.05. The fraction of sp³-hybridized carbons (Fsp3) is 0.250. The first-order chi connectivity index (χ1) is 10.1. The van der Waals surface area contributed by atoms with Crippen molar-refractivity contribution in [1.82, 2.24) is 0 Å². The van der Waals surface area contributed by atoms with Gasteiger partial charge in [0.25, 0.3) is 0 Å². The van der Waals surface area contributed by atoms with Crippen LogP contribution in [0.2, 0.25) is 0 Å². The number of hydrogen-bond acceptors (Lipinski definition) is 3. The van der Waals surface area contributed by atoms with E-state index in [0.29, 0.717) is 24.3 Å². The highest BCUT2D eigenvalue weighted by Gasteiger charge is 2.08. The Morgan fingerprint density at radius 3 is 2.48 bits per heavy atom. The van der Waals surface area contributed by atoms with Crippen molar-refractivity contribution in [3.63, 3.8) is 0 Å². The number of methoxy groups -OCH3 is 1. The molecule has 5 heteroatoms. The summed E-state index contributed by atoms with van der Waals surface area (Å²) in [5.41, 5.74) is 6.56. The van der Waals surface area contributed by atoms with Gasteiger partial charge in [0.1, 0.15) is 18.2 Å². The van der Waals surface area contributed by atoms with Crippen LogP contribution in [0.4, 0.5) is 8.78 Å². The van der Waals surface area contributed by atoms with Gasteiger partial charge in [0.2, 0.25) is 0 Å². The molecular weight excluding hydrogens is 276 g/mol. The maximum absolute atomic E-state index is 13.8. The van der Waals surface area contributed by atoms with Crippen LogP contribution < -0.4 is 15.2 Å². The highest BCUT2D eigenvalue weighted by molar-refractivity contribution is 5.31. The zero-order chi connectivity index (χ0) is 15.2. The molecule has 0 spiro atoms.